The molecule has 2 unspecified atom stereocenters. The van der Waals surface area contributed by atoms with E-state index in [4.69, 9.17) is 9.15 Å². The second-order valence-electron chi connectivity index (χ2n) is 5.99. The molecule has 25 heavy (non-hydrogen) atoms. The predicted molar refractivity (Wildman–Crippen MR) is 87.6 cm³/mol. The van der Waals surface area contributed by atoms with Crippen molar-refractivity contribution in [2.75, 3.05) is 7.11 Å². The molecule has 0 saturated heterocycles. The smallest absolute Gasteiger partial charge is 0.413 e. The van der Waals surface area contributed by atoms with Gasteiger partial charge in [-0.1, -0.05) is 24.3 Å². The fraction of sp³-hybridized carbons (Fsp3) is 0.211. The van der Waals surface area contributed by atoms with Crippen molar-refractivity contribution < 1.29 is 22.3 Å². The summed E-state index contributed by atoms with van der Waals surface area (Å²) in [6, 6.07) is 4.66. The highest BCUT2D eigenvalue weighted by Crippen LogP contribution is 2.47. The minimum Gasteiger partial charge on any atom is -0.497 e. The molecular weight excluding hydrogens is 333 g/mol. The Balaban J connectivity index is 1.99. The van der Waals surface area contributed by atoms with Gasteiger partial charge in [0.15, 0.2) is 5.43 Å². The zero-order valence-corrected chi connectivity index (χ0v) is 13.1. The van der Waals surface area contributed by atoms with Crippen molar-refractivity contribution in [1.29, 1.82) is 0 Å². The molecule has 0 amide bonds. The molecule has 128 valence electrons. The molecule has 0 aliphatic heterocycles. The molecule has 0 N–H and O–H groups in total. The molecule has 4 rings (SSSR count). The van der Waals surface area contributed by atoms with E-state index < -0.39 is 29.0 Å². The van der Waals surface area contributed by atoms with Crippen LogP contribution in [0.25, 0.3) is 17.0 Å². The van der Waals surface area contributed by atoms with Crippen LogP contribution in [0.1, 0.15) is 17.2 Å². The molecule has 2 aromatic rings. The van der Waals surface area contributed by atoms with E-state index in [0.717, 1.165) is 6.08 Å². The first-order valence-corrected chi connectivity index (χ1v) is 7.68. The molecular formula is C19H13F3O3. The molecule has 1 heterocycles. The van der Waals surface area contributed by atoms with Crippen molar-refractivity contribution in [3.63, 3.8) is 0 Å². The Kier molecular flexibility index (Phi) is 3.39. The fourth-order valence-corrected chi connectivity index (χ4v) is 3.45. The lowest BCUT2D eigenvalue weighted by Crippen LogP contribution is -2.31. The van der Waals surface area contributed by atoms with E-state index in [0.29, 0.717) is 5.75 Å². The molecule has 1 aromatic heterocycles. The van der Waals surface area contributed by atoms with E-state index in [9.17, 15) is 18.0 Å². The predicted octanol–water partition coefficient (Wildman–Crippen LogP) is 4.59. The fourth-order valence-electron chi connectivity index (χ4n) is 3.45. The number of methoxy groups -OCH3 is 1. The van der Waals surface area contributed by atoms with Gasteiger partial charge < -0.3 is 9.15 Å². The second kappa shape index (κ2) is 5.37. The Labute approximate surface area is 140 Å². The average Bonchev–Trinajstić information content (AvgIpc) is 2.59. The highest BCUT2D eigenvalue weighted by Gasteiger charge is 2.45. The number of hydrogen-bond acceptors (Lipinski definition) is 3. The van der Waals surface area contributed by atoms with Gasteiger partial charge >= 0.3 is 6.18 Å². The first-order valence-electron chi connectivity index (χ1n) is 7.68. The summed E-state index contributed by atoms with van der Waals surface area (Å²) in [7, 11) is 1.48. The minimum atomic E-state index is -4.52. The van der Waals surface area contributed by atoms with Crippen LogP contribution in [-0.4, -0.2) is 13.3 Å². The quantitative estimate of drug-likeness (QED) is 0.758. The van der Waals surface area contributed by atoms with Gasteiger partial charge in [-0.15, -0.1) is 0 Å². The molecule has 2 aliphatic carbocycles. The van der Waals surface area contributed by atoms with Crippen LogP contribution in [0.15, 0.2) is 57.3 Å². The zero-order valence-electron chi connectivity index (χ0n) is 13.1. The molecule has 6 heteroatoms. The summed E-state index contributed by atoms with van der Waals surface area (Å²) >= 11 is 0. The van der Waals surface area contributed by atoms with Crippen LogP contribution in [0.4, 0.5) is 13.2 Å². The van der Waals surface area contributed by atoms with Gasteiger partial charge in [0, 0.05) is 23.5 Å². The summed E-state index contributed by atoms with van der Waals surface area (Å²) in [6.07, 6.45) is 2.76. The SMILES string of the molecule is COc1ccc2c(=O)c3c(oc2c1)C=CC1C=CC=C(C(F)(F)F)C31. The van der Waals surface area contributed by atoms with E-state index in [1.165, 1.54) is 19.3 Å². The van der Waals surface area contributed by atoms with Gasteiger partial charge in [-0.2, -0.15) is 13.2 Å². The van der Waals surface area contributed by atoms with E-state index in [2.05, 4.69) is 0 Å². The van der Waals surface area contributed by atoms with Gasteiger partial charge in [0.05, 0.1) is 18.1 Å². The van der Waals surface area contributed by atoms with Crippen LogP contribution < -0.4 is 10.2 Å². The van der Waals surface area contributed by atoms with Gasteiger partial charge in [-0.05, 0) is 18.2 Å². The van der Waals surface area contributed by atoms with Crippen molar-refractivity contribution in [3.05, 3.63) is 69.6 Å². The third-order valence-electron chi connectivity index (χ3n) is 4.60. The topological polar surface area (TPSA) is 39.4 Å². The van der Waals surface area contributed by atoms with Gasteiger partial charge in [-0.25, -0.2) is 0 Å². The standard InChI is InChI=1S/C19H13F3O3/c1-24-11-6-7-12-15(9-11)25-14-8-5-10-3-2-4-13(19(20,21)22)16(10)17(14)18(12)23/h2-10,16H,1H3. The molecule has 0 spiro atoms. The van der Waals surface area contributed by atoms with Crippen LogP contribution in [0.5, 0.6) is 5.75 Å². The van der Waals surface area contributed by atoms with E-state index >= 15 is 0 Å². The number of allylic oxidation sites excluding steroid dienone is 5. The average molecular weight is 346 g/mol. The number of benzene rings is 1. The number of alkyl halides is 3. The summed E-state index contributed by atoms with van der Waals surface area (Å²) in [5, 5.41) is 0.240. The number of rotatable bonds is 1. The monoisotopic (exact) mass is 346 g/mol. The molecule has 0 fully saturated rings. The lowest BCUT2D eigenvalue weighted by molar-refractivity contribution is -0.0969. The summed E-state index contributed by atoms with van der Waals surface area (Å²) in [5.41, 5.74) is -0.831. The molecule has 0 saturated carbocycles. The maximum Gasteiger partial charge on any atom is 0.413 e. The Morgan fingerprint density at radius 1 is 1.20 bits per heavy atom. The van der Waals surface area contributed by atoms with Gasteiger partial charge in [0.2, 0.25) is 0 Å². The van der Waals surface area contributed by atoms with Gasteiger partial charge in [0.1, 0.15) is 17.1 Å². The van der Waals surface area contributed by atoms with E-state index in [-0.39, 0.29) is 22.3 Å². The Bertz CT molecular complexity index is 1010. The number of halogens is 3. The number of fused-ring (bicyclic) bond motifs is 4. The minimum absolute atomic E-state index is 0.0538. The Morgan fingerprint density at radius 2 is 2.00 bits per heavy atom. The summed E-state index contributed by atoms with van der Waals surface area (Å²) in [5.74, 6) is -0.942. The van der Waals surface area contributed by atoms with Crippen molar-refractivity contribution in [2.45, 2.75) is 12.1 Å². The van der Waals surface area contributed by atoms with Crippen LogP contribution in [0, 0.1) is 5.92 Å². The summed E-state index contributed by atoms with van der Waals surface area (Å²) in [6.45, 7) is 0. The highest BCUT2D eigenvalue weighted by molar-refractivity contribution is 5.81. The first-order chi connectivity index (χ1) is 11.9. The van der Waals surface area contributed by atoms with Gasteiger partial charge in [0.25, 0.3) is 0 Å². The maximum atomic E-state index is 13.5. The molecule has 2 atom stereocenters. The Hall–Kier alpha value is -2.76. The summed E-state index contributed by atoms with van der Waals surface area (Å²) < 4.78 is 51.3. The van der Waals surface area contributed by atoms with Gasteiger partial charge in [-0.3, -0.25) is 4.79 Å². The summed E-state index contributed by atoms with van der Waals surface area (Å²) in [4.78, 5) is 12.9. The molecule has 0 radical (unpaired) electrons. The number of ether oxygens (including phenoxy) is 1. The normalized spacial score (nSPS) is 21.7. The van der Waals surface area contributed by atoms with Crippen LogP contribution in [-0.2, 0) is 0 Å². The van der Waals surface area contributed by atoms with E-state index in [1.807, 2.05) is 0 Å². The molecule has 0 bridgehead atoms. The van der Waals surface area contributed by atoms with Crippen LogP contribution in [0.2, 0.25) is 0 Å². The van der Waals surface area contributed by atoms with Crippen LogP contribution in [0.3, 0.4) is 0 Å². The van der Waals surface area contributed by atoms with Crippen molar-refractivity contribution in [1.82, 2.24) is 0 Å². The number of hydrogen-bond donors (Lipinski definition) is 0. The second-order valence-corrected chi connectivity index (χ2v) is 5.99. The largest absolute Gasteiger partial charge is 0.497 e. The van der Waals surface area contributed by atoms with Crippen LogP contribution >= 0.6 is 0 Å². The maximum absolute atomic E-state index is 13.5. The van der Waals surface area contributed by atoms with E-state index in [1.54, 1.807) is 30.4 Å². The third-order valence-corrected chi connectivity index (χ3v) is 4.60. The Morgan fingerprint density at radius 3 is 2.72 bits per heavy atom. The zero-order chi connectivity index (χ0) is 17.8. The van der Waals surface area contributed by atoms with Crippen molar-refractivity contribution in [2.24, 2.45) is 5.92 Å². The molecule has 1 aromatic carbocycles. The lowest BCUT2D eigenvalue weighted by atomic mass is 9.74. The molecule has 3 nitrogen and oxygen atoms in total. The highest BCUT2D eigenvalue weighted by atomic mass is 19.4. The third kappa shape index (κ3) is 2.40. The van der Waals surface area contributed by atoms with Crippen molar-refractivity contribution in [3.8, 4) is 5.75 Å². The first kappa shape index (κ1) is 15.7. The molecule has 2 aliphatic rings. The lowest BCUT2D eigenvalue weighted by Gasteiger charge is -2.32. The van der Waals surface area contributed by atoms with Crippen molar-refractivity contribution >= 4 is 17.0 Å².